The summed E-state index contributed by atoms with van der Waals surface area (Å²) >= 11 is 13.9. The quantitative estimate of drug-likeness (QED) is 0.404. The summed E-state index contributed by atoms with van der Waals surface area (Å²) in [6.07, 6.45) is 2.12. The van der Waals surface area contributed by atoms with E-state index in [9.17, 15) is 0 Å². The Bertz CT molecular complexity index is 100. The van der Waals surface area contributed by atoms with Crippen molar-refractivity contribution in [2.75, 3.05) is 23.9 Å². The molecule has 13 heavy (non-hydrogen) atoms. The maximum atomic E-state index is 5.48. The van der Waals surface area contributed by atoms with E-state index < -0.39 is 0 Å². The minimum atomic E-state index is 0.531. The monoisotopic (exact) mass is 442 g/mol. The molecule has 0 saturated carbocycles. The first kappa shape index (κ1) is 14.9. The Morgan fingerprint density at radius 1 is 0.846 bits per heavy atom. The van der Waals surface area contributed by atoms with Crippen LogP contribution in [0, 0.1) is 0 Å². The van der Waals surface area contributed by atoms with Crippen molar-refractivity contribution in [1.29, 1.82) is 0 Å². The zero-order chi connectivity index (χ0) is 10.1. The molecule has 5 heteroatoms. The molecule has 0 fully saturated rings. The average Bonchev–Trinajstić information content (AvgIpc) is 2.16. The predicted molar refractivity (Wildman–Crippen MR) is 73.1 cm³/mol. The van der Waals surface area contributed by atoms with Gasteiger partial charge in [-0.15, -0.1) is 0 Å². The summed E-state index contributed by atoms with van der Waals surface area (Å²) < 4.78 is 5.48. The molecular formula is C8H14Br4O. The number of alkyl halides is 4. The summed E-state index contributed by atoms with van der Waals surface area (Å²) in [5, 5.41) is 1.97. The van der Waals surface area contributed by atoms with Gasteiger partial charge in [0.2, 0.25) is 0 Å². The van der Waals surface area contributed by atoms with Gasteiger partial charge in [-0.25, -0.2) is 0 Å². The highest BCUT2D eigenvalue weighted by Gasteiger charge is 2.03. The standard InChI is InChI=1S/C8H14Br4O/c9-5-7(11)1-3-13-4-2-8(12)6-10/h7-8H,1-6H2. The van der Waals surface area contributed by atoms with E-state index in [1.54, 1.807) is 0 Å². The van der Waals surface area contributed by atoms with Gasteiger partial charge in [0.25, 0.3) is 0 Å². The lowest BCUT2D eigenvalue weighted by molar-refractivity contribution is 0.131. The Kier molecular flexibility index (Phi) is 11.9. The third-order valence-electron chi connectivity index (χ3n) is 1.49. The Morgan fingerprint density at radius 2 is 1.23 bits per heavy atom. The number of ether oxygens (including phenoxy) is 1. The van der Waals surface area contributed by atoms with E-state index in [2.05, 4.69) is 63.7 Å². The van der Waals surface area contributed by atoms with Crippen molar-refractivity contribution in [3.05, 3.63) is 0 Å². The second kappa shape index (κ2) is 10.4. The Hall–Kier alpha value is 1.88. The molecule has 0 aliphatic rings. The molecular weight excluding hydrogens is 432 g/mol. The molecule has 0 aliphatic heterocycles. The van der Waals surface area contributed by atoms with Crippen LogP contribution < -0.4 is 0 Å². The van der Waals surface area contributed by atoms with Gasteiger partial charge in [0, 0.05) is 33.5 Å². The van der Waals surface area contributed by atoms with Crippen LogP contribution in [0.4, 0.5) is 0 Å². The summed E-state index contributed by atoms with van der Waals surface area (Å²) in [5.74, 6) is 0. The summed E-state index contributed by atoms with van der Waals surface area (Å²) in [6, 6.07) is 0. The lowest BCUT2D eigenvalue weighted by Gasteiger charge is -2.08. The van der Waals surface area contributed by atoms with Gasteiger partial charge in [-0.05, 0) is 12.8 Å². The Balaban J connectivity index is 3.08. The van der Waals surface area contributed by atoms with Gasteiger partial charge in [0.05, 0.1) is 0 Å². The Morgan fingerprint density at radius 3 is 1.54 bits per heavy atom. The van der Waals surface area contributed by atoms with Crippen molar-refractivity contribution >= 4 is 63.7 Å². The largest absolute Gasteiger partial charge is 0.381 e. The van der Waals surface area contributed by atoms with Crippen LogP contribution in [0.1, 0.15) is 12.8 Å². The number of hydrogen-bond acceptors (Lipinski definition) is 1. The van der Waals surface area contributed by atoms with Crippen LogP contribution in [0.5, 0.6) is 0 Å². The number of hydrogen-bond donors (Lipinski definition) is 0. The smallest absolute Gasteiger partial charge is 0.0477 e. The van der Waals surface area contributed by atoms with Gasteiger partial charge >= 0.3 is 0 Å². The molecule has 0 N–H and O–H groups in total. The van der Waals surface area contributed by atoms with Crippen molar-refractivity contribution in [2.24, 2.45) is 0 Å². The molecule has 1 nitrogen and oxygen atoms in total. The predicted octanol–water partition coefficient (Wildman–Crippen LogP) is 4.10. The zero-order valence-electron chi connectivity index (χ0n) is 7.32. The highest BCUT2D eigenvalue weighted by atomic mass is 79.9. The van der Waals surface area contributed by atoms with Gasteiger partial charge in [-0.1, -0.05) is 63.7 Å². The summed E-state index contributed by atoms with van der Waals surface area (Å²) in [5.41, 5.74) is 0. The van der Waals surface area contributed by atoms with Gasteiger partial charge < -0.3 is 4.74 Å². The second-order valence-electron chi connectivity index (χ2n) is 2.69. The molecule has 2 atom stereocenters. The minimum absolute atomic E-state index is 0.531. The van der Waals surface area contributed by atoms with Gasteiger partial charge in [-0.3, -0.25) is 0 Å². The lowest BCUT2D eigenvalue weighted by atomic mass is 10.3. The van der Waals surface area contributed by atoms with Gasteiger partial charge in [0.1, 0.15) is 0 Å². The first-order valence-electron chi connectivity index (χ1n) is 4.18. The molecule has 0 aliphatic carbocycles. The van der Waals surface area contributed by atoms with Crippen molar-refractivity contribution in [3.63, 3.8) is 0 Å². The summed E-state index contributed by atoms with van der Waals surface area (Å²) in [7, 11) is 0. The first-order chi connectivity index (χ1) is 6.20. The van der Waals surface area contributed by atoms with Crippen LogP contribution in [-0.4, -0.2) is 33.5 Å². The number of rotatable bonds is 8. The van der Waals surface area contributed by atoms with Crippen molar-refractivity contribution in [3.8, 4) is 0 Å². The van der Waals surface area contributed by atoms with Crippen LogP contribution in [-0.2, 0) is 4.74 Å². The third-order valence-corrected chi connectivity index (χ3v) is 6.35. The molecule has 0 aromatic heterocycles. The van der Waals surface area contributed by atoms with E-state index in [1.165, 1.54) is 0 Å². The third kappa shape index (κ3) is 10.2. The molecule has 2 unspecified atom stereocenters. The SMILES string of the molecule is BrCC(Br)CCOCCC(Br)CBr. The molecule has 0 aromatic rings. The fraction of sp³-hybridized carbons (Fsp3) is 1.00. The van der Waals surface area contributed by atoms with Crippen LogP contribution >= 0.6 is 63.7 Å². The van der Waals surface area contributed by atoms with Crippen LogP contribution in [0.25, 0.3) is 0 Å². The molecule has 0 saturated heterocycles. The van der Waals surface area contributed by atoms with Crippen molar-refractivity contribution in [1.82, 2.24) is 0 Å². The van der Waals surface area contributed by atoms with Crippen molar-refractivity contribution in [2.45, 2.75) is 22.5 Å². The fourth-order valence-electron chi connectivity index (χ4n) is 0.679. The van der Waals surface area contributed by atoms with E-state index in [-0.39, 0.29) is 0 Å². The molecule has 0 amide bonds. The second-order valence-corrected chi connectivity index (χ2v) is 6.58. The van der Waals surface area contributed by atoms with Crippen LogP contribution in [0.2, 0.25) is 0 Å². The van der Waals surface area contributed by atoms with Gasteiger partial charge in [-0.2, -0.15) is 0 Å². The summed E-state index contributed by atoms with van der Waals surface area (Å²) in [4.78, 5) is 1.06. The highest BCUT2D eigenvalue weighted by molar-refractivity contribution is 9.12. The lowest BCUT2D eigenvalue weighted by Crippen LogP contribution is -2.09. The van der Waals surface area contributed by atoms with Gasteiger partial charge in [0.15, 0.2) is 0 Å². The maximum absolute atomic E-state index is 5.48. The molecule has 0 spiro atoms. The van der Waals surface area contributed by atoms with Crippen molar-refractivity contribution < 1.29 is 4.74 Å². The number of halogens is 4. The maximum Gasteiger partial charge on any atom is 0.0477 e. The topological polar surface area (TPSA) is 9.23 Å². The molecule has 0 bridgehead atoms. The van der Waals surface area contributed by atoms with E-state index >= 15 is 0 Å². The van der Waals surface area contributed by atoms with E-state index in [0.29, 0.717) is 9.65 Å². The molecule has 0 heterocycles. The Labute approximate surface area is 114 Å². The van der Waals surface area contributed by atoms with E-state index in [4.69, 9.17) is 4.74 Å². The molecule has 0 aromatic carbocycles. The normalized spacial score (nSPS) is 15.7. The molecule has 0 radical (unpaired) electrons. The summed E-state index contributed by atoms with van der Waals surface area (Å²) in [6.45, 7) is 1.67. The zero-order valence-corrected chi connectivity index (χ0v) is 13.7. The molecule has 80 valence electrons. The fourth-order valence-corrected chi connectivity index (χ4v) is 1.70. The van der Waals surface area contributed by atoms with Crippen LogP contribution in [0.3, 0.4) is 0 Å². The van der Waals surface area contributed by atoms with Crippen LogP contribution in [0.15, 0.2) is 0 Å². The average molecular weight is 446 g/mol. The first-order valence-corrected chi connectivity index (χ1v) is 8.26. The molecule has 0 rings (SSSR count). The minimum Gasteiger partial charge on any atom is -0.381 e. The van der Waals surface area contributed by atoms with E-state index in [0.717, 1.165) is 36.7 Å². The highest BCUT2D eigenvalue weighted by Crippen LogP contribution is 2.10. The van der Waals surface area contributed by atoms with E-state index in [1.807, 2.05) is 0 Å².